The smallest absolute Gasteiger partial charge is 0.310 e. The van der Waals surface area contributed by atoms with Gasteiger partial charge in [0.2, 0.25) is 0 Å². The summed E-state index contributed by atoms with van der Waals surface area (Å²) in [5, 5.41) is 0.648. The van der Waals surface area contributed by atoms with E-state index in [-0.39, 0.29) is 12.2 Å². The van der Waals surface area contributed by atoms with Crippen molar-refractivity contribution in [2.75, 3.05) is 6.61 Å². The Morgan fingerprint density at radius 1 is 1.44 bits per heavy atom. The van der Waals surface area contributed by atoms with Crippen molar-refractivity contribution in [3.63, 3.8) is 0 Å². The lowest BCUT2D eigenvalue weighted by molar-refractivity contribution is -0.142. The molecule has 0 saturated carbocycles. The minimum atomic E-state index is -0.397. The molecule has 0 saturated heterocycles. The second kappa shape index (κ2) is 5.99. The summed E-state index contributed by atoms with van der Waals surface area (Å²) in [5.74, 6) is -0.749. The van der Waals surface area contributed by atoms with Crippen LogP contribution in [0.2, 0.25) is 0 Å². The molecule has 16 heavy (non-hydrogen) atoms. The van der Waals surface area contributed by atoms with Gasteiger partial charge in [-0.3, -0.25) is 4.79 Å². The van der Waals surface area contributed by atoms with E-state index in [0.29, 0.717) is 17.5 Å². The molecule has 0 bridgehead atoms. The number of halogens is 2. The molecule has 1 aromatic carbocycles. The van der Waals surface area contributed by atoms with Crippen molar-refractivity contribution in [2.45, 2.75) is 25.6 Å². The molecule has 0 radical (unpaired) electrons. The van der Waals surface area contributed by atoms with Gasteiger partial charge in [-0.15, -0.1) is 0 Å². The first-order valence-corrected chi connectivity index (χ1v) is 6.20. The summed E-state index contributed by atoms with van der Waals surface area (Å²) in [6.07, 6.45) is -0.0139. The first kappa shape index (κ1) is 13.2. The molecule has 0 aliphatic heterocycles. The predicted molar refractivity (Wildman–Crippen MR) is 64.1 cm³/mol. The summed E-state index contributed by atoms with van der Waals surface area (Å²) in [6.45, 7) is 3.89. The highest BCUT2D eigenvalue weighted by Gasteiger charge is 2.11. The first-order valence-electron chi connectivity index (χ1n) is 5.08. The summed E-state index contributed by atoms with van der Waals surface area (Å²) < 4.78 is 18.3. The largest absolute Gasteiger partial charge is 0.466 e. The van der Waals surface area contributed by atoms with Gasteiger partial charge in [0.15, 0.2) is 0 Å². The Kier molecular flexibility index (Phi) is 4.93. The summed E-state index contributed by atoms with van der Waals surface area (Å²) in [7, 11) is 0. The number of esters is 1. The van der Waals surface area contributed by atoms with Crippen LogP contribution in [0, 0.1) is 12.7 Å². The fourth-order valence-corrected chi connectivity index (χ4v) is 2.02. The maximum Gasteiger partial charge on any atom is 0.310 e. The number of aryl methyl sites for hydroxylation is 1. The van der Waals surface area contributed by atoms with Crippen LogP contribution in [0.5, 0.6) is 0 Å². The van der Waals surface area contributed by atoms with E-state index in [2.05, 4.69) is 15.9 Å². The lowest BCUT2D eigenvalue weighted by atomic mass is 10.0. The fourth-order valence-electron chi connectivity index (χ4n) is 1.42. The molecule has 0 aromatic heterocycles. The lowest BCUT2D eigenvalue weighted by Gasteiger charge is -2.08. The second-order valence-electron chi connectivity index (χ2n) is 3.49. The highest BCUT2D eigenvalue weighted by Crippen LogP contribution is 2.18. The van der Waals surface area contributed by atoms with Gasteiger partial charge in [0.1, 0.15) is 5.82 Å². The number of rotatable bonds is 4. The third kappa shape index (κ3) is 3.30. The quantitative estimate of drug-likeness (QED) is 0.629. The molecule has 0 N–H and O–H groups in total. The predicted octanol–water partition coefficient (Wildman–Crippen LogP) is 3.13. The second-order valence-corrected chi connectivity index (χ2v) is 4.05. The molecule has 0 amide bonds. The summed E-state index contributed by atoms with van der Waals surface area (Å²) in [6, 6.07) is 3.15. The van der Waals surface area contributed by atoms with Crippen LogP contribution in [-0.4, -0.2) is 12.6 Å². The molecule has 88 valence electrons. The van der Waals surface area contributed by atoms with Crippen molar-refractivity contribution in [2.24, 2.45) is 0 Å². The third-order valence-electron chi connectivity index (χ3n) is 2.29. The highest BCUT2D eigenvalue weighted by molar-refractivity contribution is 9.08. The number of carbonyl (C=O) groups excluding carboxylic acids is 1. The van der Waals surface area contributed by atoms with E-state index in [1.54, 1.807) is 13.0 Å². The third-order valence-corrected chi connectivity index (χ3v) is 2.89. The van der Waals surface area contributed by atoms with E-state index in [9.17, 15) is 9.18 Å². The molecule has 0 unspecified atom stereocenters. The van der Waals surface area contributed by atoms with Crippen LogP contribution in [0.1, 0.15) is 23.6 Å². The van der Waals surface area contributed by atoms with Crippen molar-refractivity contribution >= 4 is 21.9 Å². The summed E-state index contributed by atoms with van der Waals surface area (Å²) >= 11 is 3.33. The summed E-state index contributed by atoms with van der Waals surface area (Å²) in [4.78, 5) is 11.2. The van der Waals surface area contributed by atoms with E-state index in [4.69, 9.17) is 4.74 Å². The Bertz CT molecular complexity index is 391. The van der Waals surface area contributed by atoms with Crippen LogP contribution in [0.25, 0.3) is 0 Å². The van der Waals surface area contributed by atoms with Crippen molar-refractivity contribution in [1.29, 1.82) is 0 Å². The van der Waals surface area contributed by atoms with Crippen molar-refractivity contribution in [3.05, 3.63) is 34.6 Å². The Morgan fingerprint density at radius 2 is 2.12 bits per heavy atom. The number of alkyl halides is 1. The fraction of sp³-hybridized carbons (Fsp3) is 0.417. The molecule has 1 rings (SSSR count). The van der Waals surface area contributed by atoms with Crippen molar-refractivity contribution in [1.82, 2.24) is 0 Å². The zero-order valence-electron chi connectivity index (χ0n) is 9.35. The molecule has 0 aliphatic carbocycles. The van der Waals surface area contributed by atoms with Gasteiger partial charge in [-0.1, -0.05) is 22.0 Å². The molecule has 4 heteroatoms. The summed E-state index contributed by atoms with van der Waals surface area (Å²) in [5.41, 5.74) is 2.25. The normalized spacial score (nSPS) is 10.2. The minimum Gasteiger partial charge on any atom is -0.466 e. The first-order chi connectivity index (χ1) is 7.58. The van der Waals surface area contributed by atoms with E-state index in [1.807, 2.05) is 6.92 Å². The maximum atomic E-state index is 13.5. The van der Waals surface area contributed by atoms with Crippen LogP contribution >= 0.6 is 15.9 Å². The number of carbonyl (C=O) groups is 1. The van der Waals surface area contributed by atoms with Crippen LogP contribution in [0.15, 0.2) is 12.1 Å². The van der Waals surface area contributed by atoms with Crippen molar-refractivity contribution in [3.8, 4) is 0 Å². The molecule has 2 nitrogen and oxygen atoms in total. The molecule has 0 heterocycles. The van der Waals surface area contributed by atoms with Crippen molar-refractivity contribution < 1.29 is 13.9 Å². The maximum absolute atomic E-state index is 13.5. The lowest BCUT2D eigenvalue weighted by Crippen LogP contribution is -2.09. The van der Waals surface area contributed by atoms with Gasteiger partial charge in [0.05, 0.1) is 13.0 Å². The topological polar surface area (TPSA) is 26.3 Å². The standard InChI is InChI=1S/C12H14BrFO2/c1-3-16-12(15)6-9-5-10(7-13)8(2)4-11(9)14/h4-5H,3,6-7H2,1-2H3. The van der Waals surface area contributed by atoms with Crippen LogP contribution in [-0.2, 0) is 21.3 Å². The molecule has 0 atom stereocenters. The monoisotopic (exact) mass is 288 g/mol. The van der Waals surface area contributed by atoms with Gasteiger partial charge in [0.25, 0.3) is 0 Å². The zero-order chi connectivity index (χ0) is 12.1. The Labute approximate surface area is 103 Å². The Balaban J connectivity index is 2.91. The molecule has 0 spiro atoms. The zero-order valence-corrected chi connectivity index (χ0v) is 10.9. The number of benzene rings is 1. The minimum absolute atomic E-state index is 0.0139. The van der Waals surface area contributed by atoms with E-state index in [0.717, 1.165) is 11.1 Å². The average Bonchev–Trinajstić information content (AvgIpc) is 2.22. The number of ether oxygens (including phenoxy) is 1. The number of hydrogen-bond acceptors (Lipinski definition) is 2. The Morgan fingerprint density at radius 3 is 2.69 bits per heavy atom. The van der Waals surface area contributed by atoms with Gasteiger partial charge in [-0.2, -0.15) is 0 Å². The SMILES string of the molecule is CCOC(=O)Cc1cc(CBr)c(C)cc1F. The van der Waals surface area contributed by atoms with Gasteiger partial charge < -0.3 is 4.74 Å². The van der Waals surface area contributed by atoms with Crippen LogP contribution in [0.3, 0.4) is 0 Å². The van der Waals surface area contributed by atoms with E-state index < -0.39 is 5.97 Å². The van der Waals surface area contributed by atoms with Gasteiger partial charge in [0, 0.05) is 5.33 Å². The van der Waals surface area contributed by atoms with Crippen LogP contribution < -0.4 is 0 Å². The molecular formula is C12H14BrFO2. The van der Waals surface area contributed by atoms with Gasteiger partial charge in [-0.05, 0) is 36.6 Å². The van der Waals surface area contributed by atoms with Gasteiger partial charge in [-0.25, -0.2) is 4.39 Å². The average molecular weight is 289 g/mol. The van der Waals surface area contributed by atoms with Crippen LogP contribution in [0.4, 0.5) is 4.39 Å². The molecule has 1 aromatic rings. The molecule has 0 aliphatic rings. The van der Waals surface area contributed by atoms with E-state index in [1.165, 1.54) is 6.07 Å². The number of hydrogen-bond donors (Lipinski definition) is 0. The Hall–Kier alpha value is -0.900. The molecular weight excluding hydrogens is 275 g/mol. The van der Waals surface area contributed by atoms with Gasteiger partial charge >= 0.3 is 5.97 Å². The highest BCUT2D eigenvalue weighted by atomic mass is 79.9. The molecule has 0 fully saturated rings. The van der Waals surface area contributed by atoms with E-state index >= 15 is 0 Å².